The smallest absolute Gasteiger partial charge is 0.180 e. The van der Waals surface area contributed by atoms with E-state index in [1.807, 2.05) is 24.5 Å². The zero-order valence-electron chi connectivity index (χ0n) is 9.89. The molecule has 0 aliphatic rings. The molecule has 4 nitrogen and oxygen atoms in total. The lowest BCUT2D eigenvalue weighted by Gasteiger charge is -2.13. The summed E-state index contributed by atoms with van der Waals surface area (Å²) in [6.45, 7) is 1.19. The van der Waals surface area contributed by atoms with Crippen molar-refractivity contribution in [1.82, 2.24) is 4.98 Å². The van der Waals surface area contributed by atoms with Crippen LogP contribution in [0.3, 0.4) is 0 Å². The Balaban J connectivity index is 2.04. The zero-order chi connectivity index (χ0) is 11.6. The summed E-state index contributed by atoms with van der Waals surface area (Å²) < 4.78 is 15.5. The second-order valence-electron chi connectivity index (χ2n) is 3.43. The second kappa shape index (κ2) is 8.21. The molecule has 0 radical (unpaired) electrons. The molecule has 0 unspecified atom stereocenters. The van der Waals surface area contributed by atoms with E-state index in [4.69, 9.17) is 14.2 Å². The Hall–Kier alpha value is -0.970. The van der Waals surface area contributed by atoms with E-state index in [-0.39, 0.29) is 6.29 Å². The number of nitrogens with zero attached hydrogens (tertiary/aromatic N) is 1. The number of hydrogen-bond acceptors (Lipinski definition) is 4. The van der Waals surface area contributed by atoms with E-state index >= 15 is 0 Å². The Labute approximate surface area is 96.5 Å². The lowest BCUT2D eigenvalue weighted by molar-refractivity contribution is -0.140. The predicted octanol–water partition coefficient (Wildman–Crippen LogP) is 1.65. The van der Waals surface area contributed by atoms with Crippen LogP contribution in [0.4, 0.5) is 0 Å². The third-order valence-corrected chi connectivity index (χ3v) is 2.28. The van der Waals surface area contributed by atoms with Gasteiger partial charge in [-0.1, -0.05) is 0 Å². The highest BCUT2D eigenvalue weighted by molar-refractivity contribution is 5.09. The fourth-order valence-electron chi connectivity index (χ4n) is 1.34. The fourth-order valence-corrected chi connectivity index (χ4v) is 1.34. The molecule has 0 aliphatic carbocycles. The molecule has 90 valence electrons. The molecule has 0 aromatic carbocycles. The van der Waals surface area contributed by atoms with Gasteiger partial charge in [0.2, 0.25) is 0 Å². The molecule has 0 bridgehead atoms. The molecule has 0 saturated carbocycles. The van der Waals surface area contributed by atoms with Crippen LogP contribution in [-0.4, -0.2) is 38.7 Å². The molecule has 1 heterocycles. The van der Waals surface area contributed by atoms with E-state index < -0.39 is 0 Å². The summed E-state index contributed by atoms with van der Waals surface area (Å²) in [4.78, 5) is 3.97. The number of ether oxygens (including phenoxy) is 3. The van der Waals surface area contributed by atoms with Crippen LogP contribution in [-0.2, 0) is 20.6 Å². The van der Waals surface area contributed by atoms with Gasteiger partial charge in [-0.15, -0.1) is 0 Å². The Bertz CT molecular complexity index is 262. The first-order chi connectivity index (χ1) is 7.86. The molecule has 0 N–H and O–H groups in total. The summed E-state index contributed by atoms with van der Waals surface area (Å²) in [5.41, 5.74) is 1.29. The molecular formula is C12H19NO3. The van der Waals surface area contributed by atoms with Crippen molar-refractivity contribution < 1.29 is 14.2 Å². The number of methoxy groups -OCH3 is 2. The van der Waals surface area contributed by atoms with E-state index in [2.05, 4.69) is 4.98 Å². The van der Waals surface area contributed by atoms with Gasteiger partial charge in [0.05, 0.1) is 6.61 Å². The van der Waals surface area contributed by atoms with Gasteiger partial charge in [-0.2, -0.15) is 0 Å². The number of pyridine rings is 1. The lowest BCUT2D eigenvalue weighted by atomic mass is 10.1. The quantitative estimate of drug-likeness (QED) is 0.498. The monoisotopic (exact) mass is 225 g/mol. The molecule has 1 aromatic rings. The Kier molecular flexibility index (Phi) is 6.72. The maximum atomic E-state index is 5.43. The van der Waals surface area contributed by atoms with Crippen LogP contribution in [0.1, 0.15) is 12.0 Å². The van der Waals surface area contributed by atoms with Gasteiger partial charge in [-0.25, -0.2) is 0 Å². The van der Waals surface area contributed by atoms with Crippen LogP contribution in [0, 0.1) is 0 Å². The van der Waals surface area contributed by atoms with E-state index in [0.717, 1.165) is 12.8 Å². The van der Waals surface area contributed by atoms with Gasteiger partial charge in [0.1, 0.15) is 0 Å². The van der Waals surface area contributed by atoms with Gasteiger partial charge in [0.25, 0.3) is 0 Å². The van der Waals surface area contributed by atoms with Crippen LogP contribution in [0.15, 0.2) is 24.5 Å². The van der Waals surface area contributed by atoms with E-state index in [1.54, 1.807) is 14.2 Å². The Morgan fingerprint density at radius 2 is 1.88 bits per heavy atom. The van der Waals surface area contributed by atoms with E-state index in [1.165, 1.54) is 5.56 Å². The molecule has 4 heteroatoms. The summed E-state index contributed by atoms with van der Waals surface area (Å²) >= 11 is 0. The highest BCUT2D eigenvalue weighted by Gasteiger charge is 2.03. The Morgan fingerprint density at radius 1 is 1.19 bits per heavy atom. The van der Waals surface area contributed by atoms with Crippen molar-refractivity contribution in [2.24, 2.45) is 0 Å². The van der Waals surface area contributed by atoms with Crippen molar-refractivity contribution in [2.75, 3.05) is 27.4 Å². The van der Waals surface area contributed by atoms with Gasteiger partial charge < -0.3 is 14.2 Å². The number of aryl methyl sites for hydroxylation is 1. The van der Waals surface area contributed by atoms with E-state index in [0.29, 0.717) is 13.2 Å². The SMILES string of the molecule is COC(COCCCc1ccncc1)OC. The van der Waals surface area contributed by atoms with Crippen molar-refractivity contribution in [2.45, 2.75) is 19.1 Å². The van der Waals surface area contributed by atoms with Gasteiger partial charge >= 0.3 is 0 Å². The maximum absolute atomic E-state index is 5.43. The van der Waals surface area contributed by atoms with Crippen LogP contribution in [0.25, 0.3) is 0 Å². The molecule has 0 saturated heterocycles. The summed E-state index contributed by atoms with van der Waals surface area (Å²) in [5, 5.41) is 0. The third kappa shape index (κ3) is 5.21. The molecule has 0 fully saturated rings. The normalized spacial score (nSPS) is 10.9. The topological polar surface area (TPSA) is 40.6 Å². The first-order valence-corrected chi connectivity index (χ1v) is 5.39. The largest absolute Gasteiger partial charge is 0.376 e. The molecule has 0 spiro atoms. The van der Waals surface area contributed by atoms with Gasteiger partial charge in [0, 0.05) is 33.2 Å². The minimum absolute atomic E-state index is 0.263. The predicted molar refractivity (Wildman–Crippen MR) is 61.2 cm³/mol. The Morgan fingerprint density at radius 3 is 2.50 bits per heavy atom. The van der Waals surface area contributed by atoms with E-state index in [9.17, 15) is 0 Å². The third-order valence-electron chi connectivity index (χ3n) is 2.28. The van der Waals surface area contributed by atoms with Crippen LogP contribution < -0.4 is 0 Å². The van der Waals surface area contributed by atoms with Crippen molar-refractivity contribution in [3.8, 4) is 0 Å². The van der Waals surface area contributed by atoms with Crippen molar-refractivity contribution in [3.05, 3.63) is 30.1 Å². The first-order valence-electron chi connectivity index (χ1n) is 5.39. The first kappa shape index (κ1) is 13.1. The molecule has 0 atom stereocenters. The maximum Gasteiger partial charge on any atom is 0.180 e. The standard InChI is InChI=1S/C12H19NO3/c1-14-12(15-2)10-16-9-3-4-11-5-7-13-8-6-11/h5-8,12H,3-4,9-10H2,1-2H3. The average molecular weight is 225 g/mol. The number of aromatic nitrogens is 1. The van der Waals surface area contributed by atoms with Crippen LogP contribution >= 0.6 is 0 Å². The second-order valence-corrected chi connectivity index (χ2v) is 3.43. The molecule has 1 aromatic heterocycles. The summed E-state index contributed by atoms with van der Waals surface area (Å²) in [6, 6.07) is 4.04. The fraction of sp³-hybridized carbons (Fsp3) is 0.583. The van der Waals surface area contributed by atoms with Gasteiger partial charge in [-0.3, -0.25) is 4.98 Å². The molecule has 0 aliphatic heterocycles. The van der Waals surface area contributed by atoms with Gasteiger partial charge in [0.15, 0.2) is 6.29 Å². The van der Waals surface area contributed by atoms with Crippen LogP contribution in [0.5, 0.6) is 0 Å². The lowest BCUT2D eigenvalue weighted by Crippen LogP contribution is -2.20. The van der Waals surface area contributed by atoms with Crippen LogP contribution in [0.2, 0.25) is 0 Å². The van der Waals surface area contributed by atoms with Gasteiger partial charge in [-0.05, 0) is 30.5 Å². The molecule has 1 rings (SSSR count). The minimum Gasteiger partial charge on any atom is -0.376 e. The molecule has 16 heavy (non-hydrogen) atoms. The average Bonchev–Trinajstić information content (AvgIpc) is 2.35. The highest BCUT2D eigenvalue weighted by atomic mass is 16.7. The highest BCUT2D eigenvalue weighted by Crippen LogP contribution is 2.01. The molecule has 0 amide bonds. The van der Waals surface area contributed by atoms with Crippen molar-refractivity contribution in [1.29, 1.82) is 0 Å². The summed E-state index contributed by atoms with van der Waals surface area (Å²) in [5.74, 6) is 0. The number of hydrogen-bond donors (Lipinski definition) is 0. The number of rotatable bonds is 8. The minimum atomic E-state index is -0.263. The molecular weight excluding hydrogens is 206 g/mol. The van der Waals surface area contributed by atoms with Crippen molar-refractivity contribution in [3.63, 3.8) is 0 Å². The van der Waals surface area contributed by atoms with Crippen molar-refractivity contribution >= 4 is 0 Å². The summed E-state index contributed by atoms with van der Waals surface area (Å²) in [6.07, 6.45) is 5.35. The zero-order valence-corrected chi connectivity index (χ0v) is 9.89. The summed E-state index contributed by atoms with van der Waals surface area (Å²) in [7, 11) is 3.21.